The Bertz CT molecular complexity index is 1010. The maximum atomic E-state index is 13.3. The Hall–Kier alpha value is -2.03. The predicted molar refractivity (Wildman–Crippen MR) is 113 cm³/mol. The fraction of sp³-hybridized carbons (Fsp3) is 0.450. The molecule has 2 aromatic rings. The van der Waals surface area contributed by atoms with Gasteiger partial charge in [0.15, 0.2) is 0 Å². The van der Waals surface area contributed by atoms with Crippen molar-refractivity contribution in [3.05, 3.63) is 40.2 Å². The monoisotopic (exact) mass is 439 g/mol. The molecule has 9 heteroatoms. The van der Waals surface area contributed by atoms with Gasteiger partial charge in [0.2, 0.25) is 10.0 Å². The van der Waals surface area contributed by atoms with Crippen molar-refractivity contribution < 1.29 is 17.9 Å². The second-order valence-electron chi connectivity index (χ2n) is 7.20. The average Bonchev–Trinajstić information content (AvgIpc) is 2.85. The number of carbonyl (C=O) groups excluding carboxylic acids is 1. The number of methoxy groups -OCH3 is 1. The summed E-state index contributed by atoms with van der Waals surface area (Å²) in [7, 11) is -2.18. The van der Waals surface area contributed by atoms with E-state index in [-0.39, 0.29) is 10.6 Å². The van der Waals surface area contributed by atoms with Gasteiger partial charge in [-0.25, -0.2) is 8.42 Å². The summed E-state index contributed by atoms with van der Waals surface area (Å²) < 4.78 is 33.3. The van der Waals surface area contributed by atoms with E-state index < -0.39 is 15.9 Å². The lowest BCUT2D eigenvalue weighted by molar-refractivity contribution is 0.102. The molecule has 0 radical (unpaired) electrons. The first kappa shape index (κ1) is 21.7. The Labute approximate surface area is 176 Å². The number of aromatic amines is 1. The quantitative estimate of drug-likeness (QED) is 0.733. The minimum absolute atomic E-state index is 0.183. The van der Waals surface area contributed by atoms with Crippen molar-refractivity contribution in [3.63, 3.8) is 0 Å². The van der Waals surface area contributed by atoms with Crippen molar-refractivity contribution in [1.29, 1.82) is 0 Å². The van der Waals surface area contributed by atoms with Crippen molar-refractivity contribution in [3.8, 4) is 5.75 Å². The van der Waals surface area contributed by atoms with Gasteiger partial charge in [0, 0.05) is 23.8 Å². The number of sulfonamides is 1. The van der Waals surface area contributed by atoms with E-state index in [1.54, 1.807) is 32.0 Å². The van der Waals surface area contributed by atoms with E-state index in [9.17, 15) is 13.2 Å². The molecular formula is C20H26ClN3O4S. The zero-order valence-electron chi connectivity index (χ0n) is 16.8. The molecule has 1 aliphatic heterocycles. The first-order valence-corrected chi connectivity index (χ1v) is 11.4. The van der Waals surface area contributed by atoms with Crippen LogP contribution in [0.2, 0.25) is 5.02 Å². The molecular weight excluding hydrogens is 414 g/mol. The van der Waals surface area contributed by atoms with Gasteiger partial charge in [0.25, 0.3) is 5.91 Å². The highest BCUT2D eigenvalue weighted by molar-refractivity contribution is 7.89. The molecule has 1 saturated heterocycles. The molecule has 2 heterocycles. The number of hydrogen-bond donors (Lipinski definition) is 2. The molecule has 0 spiro atoms. The number of amides is 1. The molecule has 29 heavy (non-hydrogen) atoms. The summed E-state index contributed by atoms with van der Waals surface area (Å²) >= 11 is 6.02. The van der Waals surface area contributed by atoms with Gasteiger partial charge in [-0.2, -0.15) is 4.31 Å². The minimum Gasteiger partial charge on any atom is -0.495 e. The fourth-order valence-electron chi connectivity index (χ4n) is 3.72. The van der Waals surface area contributed by atoms with Gasteiger partial charge < -0.3 is 15.0 Å². The number of halogens is 1. The second-order valence-corrected chi connectivity index (χ2v) is 9.51. The van der Waals surface area contributed by atoms with Crippen LogP contribution in [0.1, 0.15) is 47.4 Å². The standard InChI is InChI=1S/C20H26ClN3O4S/c1-13-18(20(25)23-16-12-15(21)8-9-17(16)28-3)22-14(2)19(13)29(26,27)24-10-6-4-5-7-11-24/h8-9,12,22H,4-7,10-11H2,1-3H3,(H,23,25). The molecule has 158 valence electrons. The van der Waals surface area contributed by atoms with E-state index >= 15 is 0 Å². The average molecular weight is 440 g/mol. The normalized spacial score (nSPS) is 15.7. The van der Waals surface area contributed by atoms with E-state index in [1.807, 2.05) is 0 Å². The van der Waals surface area contributed by atoms with Crippen LogP contribution >= 0.6 is 11.6 Å². The third-order valence-corrected chi connectivity index (χ3v) is 7.58. The molecule has 0 saturated carbocycles. The highest BCUT2D eigenvalue weighted by Gasteiger charge is 2.32. The predicted octanol–water partition coefficient (Wildman–Crippen LogP) is 4.11. The maximum Gasteiger partial charge on any atom is 0.272 e. The molecule has 1 amide bonds. The molecule has 1 aromatic heterocycles. The smallest absolute Gasteiger partial charge is 0.272 e. The largest absolute Gasteiger partial charge is 0.495 e. The van der Waals surface area contributed by atoms with Crippen LogP contribution in [0.3, 0.4) is 0 Å². The molecule has 7 nitrogen and oxygen atoms in total. The lowest BCUT2D eigenvalue weighted by atomic mass is 10.2. The second kappa shape index (κ2) is 8.77. The number of rotatable bonds is 5. The number of benzene rings is 1. The highest BCUT2D eigenvalue weighted by atomic mass is 35.5. The summed E-state index contributed by atoms with van der Waals surface area (Å²) in [6.45, 7) is 4.34. The van der Waals surface area contributed by atoms with Gasteiger partial charge in [-0.15, -0.1) is 0 Å². The first-order chi connectivity index (χ1) is 13.8. The van der Waals surface area contributed by atoms with Gasteiger partial charge in [0.05, 0.1) is 12.8 Å². The van der Waals surface area contributed by atoms with Crippen molar-refractivity contribution in [2.45, 2.75) is 44.4 Å². The zero-order valence-corrected chi connectivity index (χ0v) is 18.4. The molecule has 0 bridgehead atoms. The zero-order chi connectivity index (χ0) is 21.2. The molecule has 1 aliphatic rings. The Kier molecular flexibility index (Phi) is 6.55. The van der Waals surface area contributed by atoms with E-state index in [0.29, 0.717) is 40.8 Å². The van der Waals surface area contributed by atoms with Crippen LogP contribution < -0.4 is 10.1 Å². The highest BCUT2D eigenvalue weighted by Crippen LogP contribution is 2.31. The number of H-pyrrole nitrogens is 1. The molecule has 0 atom stereocenters. The maximum absolute atomic E-state index is 13.3. The Balaban J connectivity index is 1.93. The third-order valence-electron chi connectivity index (χ3n) is 5.17. The summed E-state index contributed by atoms with van der Waals surface area (Å²) in [6.07, 6.45) is 3.77. The van der Waals surface area contributed by atoms with Gasteiger partial charge >= 0.3 is 0 Å². The number of carbonyl (C=O) groups is 1. The Morgan fingerprint density at radius 3 is 2.45 bits per heavy atom. The summed E-state index contributed by atoms with van der Waals surface area (Å²) in [5.74, 6) is 0.00424. The number of aryl methyl sites for hydroxylation is 1. The van der Waals surface area contributed by atoms with Gasteiger partial charge in [-0.3, -0.25) is 4.79 Å². The summed E-state index contributed by atoms with van der Waals surface area (Å²) in [5, 5.41) is 3.20. The van der Waals surface area contributed by atoms with Crippen LogP contribution in [-0.4, -0.2) is 43.8 Å². The summed E-state index contributed by atoms with van der Waals surface area (Å²) in [6, 6.07) is 4.89. The number of aromatic nitrogens is 1. The minimum atomic E-state index is -3.68. The molecule has 1 aromatic carbocycles. The molecule has 0 unspecified atom stereocenters. The van der Waals surface area contributed by atoms with Crippen LogP contribution in [-0.2, 0) is 10.0 Å². The van der Waals surface area contributed by atoms with Gasteiger partial charge in [-0.1, -0.05) is 24.4 Å². The fourth-order valence-corrected chi connectivity index (χ4v) is 5.82. The Morgan fingerprint density at radius 2 is 1.83 bits per heavy atom. The molecule has 2 N–H and O–H groups in total. The van der Waals surface area contributed by atoms with E-state index in [0.717, 1.165) is 25.7 Å². The van der Waals surface area contributed by atoms with Crippen LogP contribution in [0.25, 0.3) is 0 Å². The topological polar surface area (TPSA) is 91.5 Å². The lowest BCUT2D eigenvalue weighted by Crippen LogP contribution is -2.32. The SMILES string of the molecule is COc1ccc(Cl)cc1NC(=O)c1[nH]c(C)c(S(=O)(=O)N2CCCCCC2)c1C. The van der Waals surface area contributed by atoms with Crippen molar-refractivity contribution in [2.24, 2.45) is 0 Å². The Morgan fingerprint density at radius 1 is 1.17 bits per heavy atom. The molecule has 3 rings (SSSR count). The van der Waals surface area contributed by atoms with Gasteiger partial charge in [0.1, 0.15) is 16.3 Å². The number of ether oxygens (including phenoxy) is 1. The van der Waals surface area contributed by atoms with Gasteiger partial charge in [-0.05, 0) is 50.5 Å². The van der Waals surface area contributed by atoms with Crippen molar-refractivity contribution >= 4 is 33.2 Å². The van der Waals surface area contributed by atoms with Crippen LogP contribution in [0, 0.1) is 13.8 Å². The lowest BCUT2D eigenvalue weighted by Gasteiger charge is -2.20. The third kappa shape index (κ3) is 4.44. The number of anilines is 1. The van der Waals surface area contributed by atoms with Crippen LogP contribution in [0.15, 0.2) is 23.1 Å². The van der Waals surface area contributed by atoms with E-state index in [1.165, 1.54) is 11.4 Å². The van der Waals surface area contributed by atoms with Crippen molar-refractivity contribution in [2.75, 3.05) is 25.5 Å². The van der Waals surface area contributed by atoms with Crippen molar-refractivity contribution in [1.82, 2.24) is 9.29 Å². The van der Waals surface area contributed by atoms with Crippen LogP contribution in [0.5, 0.6) is 5.75 Å². The number of nitrogens with one attached hydrogen (secondary N) is 2. The van der Waals surface area contributed by atoms with Crippen LogP contribution in [0.4, 0.5) is 5.69 Å². The van der Waals surface area contributed by atoms with E-state index in [4.69, 9.17) is 16.3 Å². The molecule has 0 aliphatic carbocycles. The number of nitrogens with zero attached hydrogens (tertiary/aromatic N) is 1. The van der Waals surface area contributed by atoms with E-state index in [2.05, 4.69) is 10.3 Å². The number of hydrogen-bond acceptors (Lipinski definition) is 4. The summed E-state index contributed by atoms with van der Waals surface area (Å²) in [4.78, 5) is 16.0. The molecule has 1 fully saturated rings. The summed E-state index contributed by atoms with van der Waals surface area (Å²) in [5.41, 5.74) is 1.48. The first-order valence-electron chi connectivity index (χ1n) is 9.60.